The van der Waals surface area contributed by atoms with E-state index < -0.39 is 0 Å². The van der Waals surface area contributed by atoms with Crippen molar-refractivity contribution in [2.45, 2.75) is 66.6 Å². The molecule has 6 heteroatoms. The van der Waals surface area contributed by atoms with Crippen molar-refractivity contribution in [2.24, 2.45) is 5.92 Å². The lowest BCUT2D eigenvalue weighted by atomic mass is 10.1. The summed E-state index contributed by atoms with van der Waals surface area (Å²) in [5.41, 5.74) is 1.98. The highest BCUT2D eigenvalue weighted by Crippen LogP contribution is 2.16. The number of nitrogens with zero attached hydrogens (tertiary/aromatic N) is 4. The van der Waals surface area contributed by atoms with E-state index in [2.05, 4.69) is 43.1 Å². The number of amides is 2. The Kier molecular flexibility index (Phi) is 7.18. The number of aryl methyl sites for hydroxylation is 2. The second-order valence-electron chi connectivity index (χ2n) is 7.25. The molecule has 26 heavy (non-hydrogen) atoms. The maximum Gasteiger partial charge on any atom is 0.323 e. The molecule has 0 radical (unpaired) electrons. The van der Waals surface area contributed by atoms with Crippen molar-refractivity contribution in [1.82, 2.24) is 19.7 Å². The van der Waals surface area contributed by atoms with Gasteiger partial charge in [0.15, 0.2) is 0 Å². The molecule has 2 aromatic heterocycles. The lowest BCUT2D eigenvalue weighted by Gasteiger charge is -2.29. The number of hydrogen-bond acceptors (Lipinski definition) is 3. The van der Waals surface area contributed by atoms with Crippen LogP contribution in [-0.4, -0.2) is 31.7 Å². The quantitative estimate of drug-likeness (QED) is 0.758. The van der Waals surface area contributed by atoms with Crippen LogP contribution in [0.1, 0.15) is 51.8 Å². The molecule has 6 nitrogen and oxygen atoms in total. The molecule has 0 saturated heterocycles. The first-order chi connectivity index (χ1) is 12.4. The molecule has 0 spiro atoms. The standard InChI is InChI=1S/C20H31N5O/c1-6-17(5)24(14-18-7-10-21-11-8-18)20(26)22-19-13-16(4)23-25(19)12-9-15(2)3/h7-8,10-11,13,15,17H,6,9,12,14H2,1-5H3,(H,22,26)/t17-/m0/s1. The Hall–Kier alpha value is -2.37. The van der Waals surface area contributed by atoms with E-state index in [4.69, 9.17) is 0 Å². The van der Waals surface area contributed by atoms with E-state index in [1.54, 1.807) is 12.4 Å². The minimum absolute atomic E-state index is 0.0955. The van der Waals surface area contributed by atoms with Crippen LogP contribution in [0.2, 0.25) is 0 Å². The number of pyridine rings is 1. The fraction of sp³-hybridized carbons (Fsp3) is 0.550. The van der Waals surface area contributed by atoms with Crippen molar-refractivity contribution in [1.29, 1.82) is 0 Å². The van der Waals surface area contributed by atoms with Crippen LogP contribution < -0.4 is 5.32 Å². The van der Waals surface area contributed by atoms with Crippen molar-refractivity contribution in [2.75, 3.05) is 5.32 Å². The van der Waals surface area contributed by atoms with Crippen LogP contribution in [0.3, 0.4) is 0 Å². The smallest absolute Gasteiger partial charge is 0.317 e. The van der Waals surface area contributed by atoms with Crippen LogP contribution in [0.4, 0.5) is 10.6 Å². The van der Waals surface area contributed by atoms with Crippen LogP contribution in [0, 0.1) is 12.8 Å². The Morgan fingerprint density at radius 1 is 1.27 bits per heavy atom. The van der Waals surface area contributed by atoms with Crippen LogP contribution in [0.25, 0.3) is 0 Å². The Morgan fingerprint density at radius 3 is 2.58 bits per heavy atom. The van der Waals surface area contributed by atoms with Gasteiger partial charge in [-0.1, -0.05) is 20.8 Å². The first-order valence-electron chi connectivity index (χ1n) is 9.41. The van der Waals surface area contributed by atoms with E-state index in [1.165, 1.54) is 0 Å². The van der Waals surface area contributed by atoms with E-state index >= 15 is 0 Å². The molecule has 0 bridgehead atoms. The highest BCUT2D eigenvalue weighted by Gasteiger charge is 2.21. The second-order valence-corrected chi connectivity index (χ2v) is 7.25. The third-order valence-corrected chi connectivity index (χ3v) is 4.54. The summed E-state index contributed by atoms with van der Waals surface area (Å²) in [6, 6.07) is 5.86. The predicted octanol–water partition coefficient (Wildman–Crippen LogP) is 4.47. The molecule has 2 heterocycles. The summed E-state index contributed by atoms with van der Waals surface area (Å²) >= 11 is 0. The molecule has 1 N–H and O–H groups in total. The summed E-state index contributed by atoms with van der Waals surface area (Å²) in [7, 11) is 0. The number of carbonyl (C=O) groups is 1. The van der Waals surface area contributed by atoms with Crippen molar-refractivity contribution >= 4 is 11.8 Å². The number of anilines is 1. The summed E-state index contributed by atoms with van der Waals surface area (Å²) in [4.78, 5) is 18.9. The van der Waals surface area contributed by atoms with Crippen LogP contribution in [0.15, 0.2) is 30.6 Å². The van der Waals surface area contributed by atoms with Gasteiger partial charge in [-0.3, -0.25) is 10.3 Å². The summed E-state index contributed by atoms with van der Waals surface area (Å²) in [6.45, 7) is 11.8. The van der Waals surface area contributed by atoms with E-state index in [0.29, 0.717) is 12.5 Å². The normalized spacial score (nSPS) is 12.2. The number of hydrogen-bond donors (Lipinski definition) is 1. The van der Waals surface area contributed by atoms with Gasteiger partial charge in [0.05, 0.1) is 5.69 Å². The Bertz CT molecular complexity index is 695. The molecule has 2 aromatic rings. The minimum Gasteiger partial charge on any atom is -0.317 e. The number of carbonyl (C=O) groups excluding carboxylic acids is 1. The molecule has 0 fully saturated rings. The van der Waals surface area contributed by atoms with Crippen LogP contribution in [-0.2, 0) is 13.1 Å². The van der Waals surface area contributed by atoms with E-state index in [-0.39, 0.29) is 12.1 Å². The number of urea groups is 1. The zero-order valence-electron chi connectivity index (χ0n) is 16.6. The Morgan fingerprint density at radius 2 is 1.96 bits per heavy atom. The molecule has 2 rings (SSSR count). The summed E-state index contributed by atoms with van der Waals surface area (Å²) in [5, 5.41) is 7.58. The fourth-order valence-electron chi connectivity index (χ4n) is 2.71. The largest absolute Gasteiger partial charge is 0.323 e. The molecule has 142 valence electrons. The van der Waals surface area contributed by atoms with Crippen LogP contribution >= 0.6 is 0 Å². The average Bonchev–Trinajstić information content (AvgIpc) is 2.97. The monoisotopic (exact) mass is 357 g/mol. The molecule has 0 aliphatic rings. The molecule has 2 amide bonds. The van der Waals surface area contributed by atoms with Gasteiger partial charge in [-0.25, -0.2) is 9.48 Å². The van der Waals surface area contributed by atoms with Gasteiger partial charge in [0.1, 0.15) is 5.82 Å². The highest BCUT2D eigenvalue weighted by atomic mass is 16.2. The summed E-state index contributed by atoms with van der Waals surface area (Å²) in [6.07, 6.45) is 5.43. The second kappa shape index (κ2) is 9.36. The predicted molar refractivity (Wildman–Crippen MR) is 105 cm³/mol. The van der Waals surface area contributed by atoms with Gasteiger partial charge in [-0.15, -0.1) is 0 Å². The zero-order valence-corrected chi connectivity index (χ0v) is 16.6. The molecule has 0 aliphatic heterocycles. The van der Waals surface area contributed by atoms with Gasteiger partial charge in [0.25, 0.3) is 0 Å². The van der Waals surface area contributed by atoms with Gasteiger partial charge < -0.3 is 4.90 Å². The third kappa shape index (κ3) is 5.58. The molecule has 0 unspecified atom stereocenters. The number of nitrogens with one attached hydrogen (secondary N) is 1. The molecule has 1 atom stereocenters. The van der Waals surface area contributed by atoms with Crippen molar-refractivity contribution in [3.05, 3.63) is 41.9 Å². The van der Waals surface area contributed by atoms with Crippen LogP contribution in [0.5, 0.6) is 0 Å². The first-order valence-corrected chi connectivity index (χ1v) is 9.41. The van der Waals surface area contributed by atoms with Gasteiger partial charge in [0, 0.05) is 37.6 Å². The zero-order chi connectivity index (χ0) is 19.1. The summed E-state index contributed by atoms with van der Waals surface area (Å²) in [5.74, 6) is 1.35. The van der Waals surface area contributed by atoms with E-state index in [9.17, 15) is 4.79 Å². The lowest BCUT2D eigenvalue weighted by Crippen LogP contribution is -2.41. The molecular weight excluding hydrogens is 326 g/mol. The molecule has 0 saturated carbocycles. The van der Waals surface area contributed by atoms with Crippen molar-refractivity contribution in [3.8, 4) is 0 Å². The SMILES string of the molecule is CC[C@H](C)N(Cc1ccncc1)C(=O)Nc1cc(C)nn1CCC(C)C. The summed E-state index contributed by atoms with van der Waals surface area (Å²) < 4.78 is 1.90. The average molecular weight is 358 g/mol. The Balaban J connectivity index is 2.14. The molecular formula is C20H31N5O. The first kappa shape index (κ1) is 19.9. The number of aromatic nitrogens is 3. The fourth-order valence-corrected chi connectivity index (χ4v) is 2.71. The van der Waals surface area contributed by atoms with Crippen molar-refractivity contribution in [3.63, 3.8) is 0 Å². The van der Waals surface area contributed by atoms with Gasteiger partial charge in [-0.2, -0.15) is 5.10 Å². The maximum atomic E-state index is 13.0. The molecule has 0 aliphatic carbocycles. The third-order valence-electron chi connectivity index (χ3n) is 4.54. The van der Waals surface area contributed by atoms with Crippen molar-refractivity contribution < 1.29 is 4.79 Å². The maximum absolute atomic E-state index is 13.0. The number of rotatable bonds is 8. The minimum atomic E-state index is -0.0955. The molecule has 0 aromatic carbocycles. The van der Waals surface area contributed by atoms with Gasteiger partial charge in [0.2, 0.25) is 0 Å². The highest BCUT2D eigenvalue weighted by molar-refractivity contribution is 5.88. The Labute approximate surface area is 156 Å². The van der Waals surface area contributed by atoms with Gasteiger partial charge >= 0.3 is 6.03 Å². The van der Waals surface area contributed by atoms with E-state index in [1.807, 2.05) is 34.7 Å². The van der Waals surface area contributed by atoms with E-state index in [0.717, 1.165) is 36.5 Å². The lowest BCUT2D eigenvalue weighted by molar-refractivity contribution is 0.186. The van der Waals surface area contributed by atoms with Gasteiger partial charge in [-0.05, 0) is 50.3 Å². The topological polar surface area (TPSA) is 63.1 Å².